The molecule has 2 aromatic rings. The van der Waals surface area contributed by atoms with Gasteiger partial charge in [0.15, 0.2) is 0 Å². The number of likely N-dealkylation sites (tertiary alicyclic amines) is 1. The third-order valence-electron chi connectivity index (χ3n) is 5.20. The molecule has 3 atom stereocenters. The van der Waals surface area contributed by atoms with Gasteiger partial charge in [-0.15, -0.1) is 0 Å². The van der Waals surface area contributed by atoms with E-state index in [1.54, 1.807) is 0 Å². The SMILES string of the molecule is CC1CCC(CCOC(c2ccccc2)c2ccc(Cl)cc2)N1C. The van der Waals surface area contributed by atoms with Crippen LogP contribution in [-0.2, 0) is 4.74 Å². The minimum atomic E-state index is -0.0346. The molecular weight excluding hydrogens is 318 g/mol. The first-order chi connectivity index (χ1) is 11.6. The topological polar surface area (TPSA) is 12.5 Å². The van der Waals surface area contributed by atoms with Crippen LogP contribution in [-0.4, -0.2) is 30.6 Å². The fourth-order valence-electron chi connectivity index (χ4n) is 3.52. The number of ether oxygens (including phenoxy) is 1. The molecule has 2 nitrogen and oxygen atoms in total. The van der Waals surface area contributed by atoms with Gasteiger partial charge >= 0.3 is 0 Å². The summed E-state index contributed by atoms with van der Waals surface area (Å²) in [5, 5.41) is 0.757. The lowest BCUT2D eigenvalue weighted by Crippen LogP contribution is -2.31. The summed E-state index contributed by atoms with van der Waals surface area (Å²) in [4.78, 5) is 2.49. The summed E-state index contributed by atoms with van der Waals surface area (Å²) >= 11 is 6.04. The van der Waals surface area contributed by atoms with E-state index in [0.717, 1.165) is 23.6 Å². The maximum Gasteiger partial charge on any atom is 0.108 e. The molecular formula is C21H26ClNO. The average molecular weight is 344 g/mol. The Hall–Kier alpha value is -1.35. The van der Waals surface area contributed by atoms with Crippen LogP contribution in [0.15, 0.2) is 54.6 Å². The van der Waals surface area contributed by atoms with Crippen LogP contribution in [0.2, 0.25) is 5.02 Å². The lowest BCUT2D eigenvalue weighted by atomic mass is 10.0. The first-order valence-corrected chi connectivity index (χ1v) is 9.17. The first kappa shape index (κ1) is 17.5. The monoisotopic (exact) mass is 343 g/mol. The summed E-state index contributed by atoms with van der Waals surface area (Å²) in [7, 11) is 2.23. The smallest absolute Gasteiger partial charge is 0.108 e. The van der Waals surface area contributed by atoms with Crippen LogP contribution in [0, 0.1) is 0 Å². The Kier molecular flexibility index (Phi) is 5.94. The Balaban J connectivity index is 1.68. The highest BCUT2D eigenvalue weighted by Gasteiger charge is 2.27. The quantitative estimate of drug-likeness (QED) is 0.704. The van der Waals surface area contributed by atoms with Crippen LogP contribution < -0.4 is 0 Å². The van der Waals surface area contributed by atoms with Crippen LogP contribution in [0.25, 0.3) is 0 Å². The number of halogens is 1. The Morgan fingerprint density at radius 2 is 1.71 bits per heavy atom. The van der Waals surface area contributed by atoms with Gasteiger partial charge in [-0.25, -0.2) is 0 Å². The summed E-state index contributed by atoms with van der Waals surface area (Å²) in [5.74, 6) is 0. The molecule has 1 aliphatic rings. The third-order valence-corrected chi connectivity index (χ3v) is 5.45. The van der Waals surface area contributed by atoms with Crippen molar-refractivity contribution in [2.45, 2.75) is 44.4 Å². The molecule has 3 heteroatoms. The largest absolute Gasteiger partial charge is 0.369 e. The molecule has 0 N–H and O–H groups in total. The van der Waals surface area contributed by atoms with E-state index in [9.17, 15) is 0 Å². The number of hydrogen-bond acceptors (Lipinski definition) is 2. The summed E-state index contributed by atoms with van der Waals surface area (Å²) in [6.07, 6.45) is 3.61. The van der Waals surface area contributed by atoms with Gasteiger partial charge in [0.2, 0.25) is 0 Å². The predicted octanol–water partition coefficient (Wildman–Crippen LogP) is 5.32. The Labute approximate surface area is 150 Å². The Morgan fingerprint density at radius 1 is 1.04 bits per heavy atom. The number of rotatable bonds is 6. The molecule has 128 valence electrons. The van der Waals surface area contributed by atoms with E-state index in [1.165, 1.54) is 18.4 Å². The van der Waals surface area contributed by atoms with Crippen molar-refractivity contribution < 1.29 is 4.74 Å². The fourth-order valence-corrected chi connectivity index (χ4v) is 3.65. The molecule has 0 amide bonds. The zero-order valence-corrected chi connectivity index (χ0v) is 15.2. The summed E-state index contributed by atoms with van der Waals surface area (Å²) in [5.41, 5.74) is 2.34. The number of benzene rings is 2. The molecule has 1 fully saturated rings. The van der Waals surface area contributed by atoms with Gasteiger partial charge in [0.1, 0.15) is 6.10 Å². The lowest BCUT2D eigenvalue weighted by Gasteiger charge is -2.25. The molecule has 0 aromatic heterocycles. The van der Waals surface area contributed by atoms with Gasteiger partial charge in [-0.2, -0.15) is 0 Å². The highest BCUT2D eigenvalue weighted by molar-refractivity contribution is 6.30. The van der Waals surface area contributed by atoms with Crippen LogP contribution in [0.4, 0.5) is 0 Å². The molecule has 1 saturated heterocycles. The molecule has 0 bridgehead atoms. The highest BCUT2D eigenvalue weighted by atomic mass is 35.5. The summed E-state index contributed by atoms with van der Waals surface area (Å²) in [6.45, 7) is 3.07. The van der Waals surface area contributed by atoms with Crippen LogP contribution in [0.1, 0.15) is 43.4 Å². The van der Waals surface area contributed by atoms with Crippen molar-refractivity contribution in [2.75, 3.05) is 13.7 Å². The van der Waals surface area contributed by atoms with Gasteiger partial charge in [-0.1, -0.05) is 54.1 Å². The molecule has 1 heterocycles. The van der Waals surface area contributed by atoms with Gasteiger partial charge < -0.3 is 9.64 Å². The van der Waals surface area contributed by atoms with Gasteiger partial charge in [0.25, 0.3) is 0 Å². The van der Waals surface area contributed by atoms with Gasteiger partial charge in [0, 0.05) is 23.7 Å². The van der Waals surface area contributed by atoms with Crippen molar-refractivity contribution in [2.24, 2.45) is 0 Å². The van der Waals surface area contributed by atoms with E-state index >= 15 is 0 Å². The molecule has 0 spiro atoms. The predicted molar refractivity (Wildman–Crippen MR) is 101 cm³/mol. The highest BCUT2D eigenvalue weighted by Crippen LogP contribution is 2.29. The maximum atomic E-state index is 6.33. The number of hydrogen-bond donors (Lipinski definition) is 0. The van der Waals surface area contributed by atoms with Crippen molar-refractivity contribution in [1.82, 2.24) is 4.90 Å². The van der Waals surface area contributed by atoms with E-state index in [0.29, 0.717) is 12.1 Å². The Bertz CT molecular complexity index is 628. The van der Waals surface area contributed by atoms with Crippen molar-refractivity contribution >= 4 is 11.6 Å². The lowest BCUT2D eigenvalue weighted by molar-refractivity contribution is 0.0639. The van der Waals surface area contributed by atoms with Gasteiger partial charge in [-0.05, 0) is 56.5 Å². The van der Waals surface area contributed by atoms with Gasteiger partial charge in [0.05, 0.1) is 0 Å². The molecule has 3 rings (SSSR count). The second-order valence-electron chi connectivity index (χ2n) is 6.75. The second kappa shape index (κ2) is 8.15. The van der Waals surface area contributed by atoms with Crippen LogP contribution >= 0.6 is 11.6 Å². The molecule has 0 aliphatic carbocycles. The zero-order chi connectivity index (χ0) is 16.9. The second-order valence-corrected chi connectivity index (χ2v) is 7.18. The molecule has 24 heavy (non-hydrogen) atoms. The fraction of sp³-hybridized carbons (Fsp3) is 0.429. The Morgan fingerprint density at radius 3 is 2.33 bits per heavy atom. The summed E-state index contributed by atoms with van der Waals surface area (Å²) < 4.78 is 6.33. The third kappa shape index (κ3) is 4.18. The van der Waals surface area contributed by atoms with E-state index in [2.05, 4.69) is 55.3 Å². The van der Waals surface area contributed by atoms with Crippen molar-refractivity contribution in [3.05, 3.63) is 70.7 Å². The minimum absolute atomic E-state index is 0.0346. The van der Waals surface area contributed by atoms with Crippen LogP contribution in [0.5, 0.6) is 0 Å². The van der Waals surface area contributed by atoms with Crippen molar-refractivity contribution in [3.63, 3.8) is 0 Å². The molecule has 2 aromatic carbocycles. The first-order valence-electron chi connectivity index (χ1n) is 8.79. The normalized spacial score (nSPS) is 22.6. The van der Waals surface area contributed by atoms with E-state index < -0.39 is 0 Å². The summed E-state index contributed by atoms with van der Waals surface area (Å²) in [6, 6.07) is 19.7. The van der Waals surface area contributed by atoms with Gasteiger partial charge in [-0.3, -0.25) is 0 Å². The van der Waals surface area contributed by atoms with E-state index in [-0.39, 0.29) is 6.10 Å². The van der Waals surface area contributed by atoms with Crippen molar-refractivity contribution in [1.29, 1.82) is 0 Å². The number of nitrogens with zero attached hydrogens (tertiary/aromatic N) is 1. The minimum Gasteiger partial charge on any atom is -0.369 e. The molecule has 1 aliphatic heterocycles. The van der Waals surface area contributed by atoms with E-state index in [1.807, 2.05) is 18.2 Å². The molecule has 0 radical (unpaired) electrons. The maximum absolute atomic E-state index is 6.33. The standard InChI is InChI=1S/C21H26ClNO/c1-16-8-13-20(23(16)2)14-15-24-21(17-6-4-3-5-7-17)18-9-11-19(22)12-10-18/h3-7,9-12,16,20-21H,8,13-15H2,1-2H3. The van der Waals surface area contributed by atoms with Crippen molar-refractivity contribution in [3.8, 4) is 0 Å². The van der Waals surface area contributed by atoms with E-state index in [4.69, 9.17) is 16.3 Å². The molecule has 3 unspecified atom stereocenters. The average Bonchev–Trinajstić information content (AvgIpc) is 2.93. The molecule has 0 saturated carbocycles. The zero-order valence-electron chi connectivity index (χ0n) is 14.5. The van der Waals surface area contributed by atoms with Crippen LogP contribution in [0.3, 0.4) is 0 Å².